The first kappa shape index (κ1) is 23.3. The molecule has 1 aromatic carbocycles. The van der Waals surface area contributed by atoms with Gasteiger partial charge in [0.05, 0.1) is 11.9 Å². The Morgan fingerprint density at radius 1 is 1.18 bits per heavy atom. The minimum absolute atomic E-state index is 0.119. The average Bonchev–Trinajstić information content (AvgIpc) is 3.10. The van der Waals surface area contributed by atoms with Crippen molar-refractivity contribution in [3.05, 3.63) is 47.7 Å². The minimum Gasteiger partial charge on any atom is -0.485 e. The van der Waals surface area contributed by atoms with Gasteiger partial charge in [-0.1, -0.05) is 24.3 Å². The Balaban J connectivity index is 1.20. The highest BCUT2D eigenvalue weighted by Gasteiger charge is 2.59. The van der Waals surface area contributed by atoms with Gasteiger partial charge in [0.1, 0.15) is 17.0 Å². The van der Waals surface area contributed by atoms with Crippen LogP contribution in [0, 0.1) is 5.41 Å². The van der Waals surface area contributed by atoms with Crippen LogP contribution in [0.25, 0.3) is 11.3 Å². The SMILES string of the molecule is CS(=O)Cc1ccc(-c2cc3c(cn2)OC2(C3)CC3(CCN(C(=O)OC(C)(C)C)CC3)C2)cc1. The van der Waals surface area contributed by atoms with E-state index in [1.54, 1.807) is 6.26 Å². The molecule has 2 fully saturated rings. The van der Waals surface area contributed by atoms with Gasteiger partial charge >= 0.3 is 6.09 Å². The van der Waals surface area contributed by atoms with Crippen molar-refractivity contribution in [2.75, 3.05) is 19.3 Å². The van der Waals surface area contributed by atoms with Crippen LogP contribution >= 0.6 is 0 Å². The zero-order chi connectivity index (χ0) is 24.1. The summed E-state index contributed by atoms with van der Waals surface area (Å²) < 4.78 is 23.5. The van der Waals surface area contributed by atoms with Crippen molar-refractivity contribution >= 4 is 16.9 Å². The molecule has 34 heavy (non-hydrogen) atoms. The molecule has 5 rings (SSSR count). The number of pyridine rings is 1. The Labute approximate surface area is 204 Å². The summed E-state index contributed by atoms with van der Waals surface area (Å²) in [6.07, 6.45) is 8.39. The second-order valence-electron chi connectivity index (χ2n) is 11.4. The highest BCUT2D eigenvalue weighted by atomic mass is 32.2. The molecule has 1 aromatic heterocycles. The van der Waals surface area contributed by atoms with Gasteiger partial charge in [0.15, 0.2) is 0 Å². The quantitative estimate of drug-likeness (QED) is 0.608. The fraction of sp³-hybridized carbons (Fsp3) is 0.556. The number of likely N-dealkylation sites (tertiary alicyclic amines) is 1. The van der Waals surface area contributed by atoms with E-state index in [1.165, 1.54) is 5.56 Å². The number of hydrogen-bond donors (Lipinski definition) is 0. The molecule has 0 bridgehead atoms. The lowest BCUT2D eigenvalue weighted by Crippen LogP contribution is -2.59. The van der Waals surface area contributed by atoms with E-state index in [0.29, 0.717) is 5.75 Å². The van der Waals surface area contributed by atoms with Crippen LogP contribution in [0.3, 0.4) is 0 Å². The van der Waals surface area contributed by atoms with Gasteiger partial charge in [-0.3, -0.25) is 9.19 Å². The Kier molecular flexibility index (Phi) is 5.74. The van der Waals surface area contributed by atoms with Crippen molar-refractivity contribution < 1.29 is 18.5 Å². The first-order chi connectivity index (χ1) is 16.0. The molecule has 3 heterocycles. The number of amides is 1. The fourth-order valence-corrected chi connectivity index (χ4v) is 6.51. The van der Waals surface area contributed by atoms with Crippen LogP contribution in [-0.4, -0.2) is 50.7 Å². The number of fused-ring (bicyclic) bond motifs is 1. The lowest BCUT2D eigenvalue weighted by molar-refractivity contribution is -0.120. The Hall–Kier alpha value is -2.41. The van der Waals surface area contributed by atoms with Crippen molar-refractivity contribution in [1.82, 2.24) is 9.88 Å². The lowest BCUT2D eigenvalue weighted by Gasteiger charge is -2.56. The van der Waals surface area contributed by atoms with Gasteiger partial charge in [-0.2, -0.15) is 0 Å². The molecule has 1 saturated carbocycles. The van der Waals surface area contributed by atoms with Crippen LogP contribution in [-0.2, 0) is 27.7 Å². The molecule has 182 valence electrons. The maximum absolute atomic E-state index is 12.4. The fourth-order valence-electron chi connectivity index (χ4n) is 5.85. The average molecular weight is 483 g/mol. The molecule has 2 aromatic rings. The second kappa shape index (κ2) is 8.36. The van der Waals surface area contributed by atoms with Crippen LogP contribution in [0.1, 0.15) is 57.6 Å². The summed E-state index contributed by atoms with van der Waals surface area (Å²) in [6, 6.07) is 10.3. The predicted molar refractivity (Wildman–Crippen MR) is 133 cm³/mol. The molecule has 3 aliphatic rings. The highest BCUT2D eigenvalue weighted by molar-refractivity contribution is 7.83. The monoisotopic (exact) mass is 482 g/mol. The lowest BCUT2D eigenvalue weighted by atomic mass is 9.54. The van der Waals surface area contributed by atoms with E-state index in [0.717, 1.165) is 67.8 Å². The molecular formula is C27H34N2O4S. The number of rotatable bonds is 3. The Morgan fingerprint density at radius 2 is 1.85 bits per heavy atom. The molecule has 6 nitrogen and oxygen atoms in total. The molecule has 7 heteroatoms. The largest absolute Gasteiger partial charge is 0.485 e. The smallest absolute Gasteiger partial charge is 0.410 e. The molecule has 0 radical (unpaired) electrons. The van der Waals surface area contributed by atoms with E-state index >= 15 is 0 Å². The maximum atomic E-state index is 12.4. The third-order valence-corrected chi connectivity index (χ3v) is 8.02. The number of piperidine rings is 1. The van der Waals surface area contributed by atoms with Gasteiger partial charge in [0.2, 0.25) is 0 Å². The summed E-state index contributed by atoms with van der Waals surface area (Å²) in [5.74, 6) is 1.48. The van der Waals surface area contributed by atoms with Crippen molar-refractivity contribution in [1.29, 1.82) is 0 Å². The van der Waals surface area contributed by atoms with Gasteiger partial charge < -0.3 is 14.4 Å². The summed E-state index contributed by atoms with van der Waals surface area (Å²) in [5.41, 5.74) is 4.01. The third-order valence-electron chi connectivity index (χ3n) is 7.28. The molecule has 2 aliphatic heterocycles. The van der Waals surface area contributed by atoms with Gasteiger partial charge in [-0.15, -0.1) is 0 Å². The number of carbonyl (C=O) groups excluding carboxylic acids is 1. The van der Waals surface area contributed by atoms with Crippen molar-refractivity contribution in [2.45, 2.75) is 69.8 Å². The van der Waals surface area contributed by atoms with E-state index in [2.05, 4.69) is 23.2 Å². The van der Waals surface area contributed by atoms with Crippen LogP contribution < -0.4 is 4.74 Å². The first-order valence-electron chi connectivity index (χ1n) is 12.1. The van der Waals surface area contributed by atoms with Crippen molar-refractivity contribution in [2.24, 2.45) is 5.41 Å². The molecule has 1 unspecified atom stereocenters. The molecule has 2 spiro atoms. The third kappa shape index (κ3) is 4.72. The van der Waals surface area contributed by atoms with Crippen LogP contribution in [0.2, 0.25) is 0 Å². The zero-order valence-electron chi connectivity index (χ0n) is 20.6. The molecule has 1 saturated heterocycles. The van der Waals surface area contributed by atoms with Gasteiger partial charge in [-0.05, 0) is 63.5 Å². The number of benzene rings is 1. The normalized spacial score (nSPS) is 21.0. The number of carbonyl (C=O) groups is 1. The van der Waals surface area contributed by atoms with Gasteiger partial charge in [0.25, 0.3) is 0 Å². The maximum Gasteiger partial charge on any atom is 0.410 e. The summed E-state index contributed by atoms with van der Waals surface area (Å²) in [6.45, 7) is 7.24. The number of nitrogens with zero attached hydrogens (tertiary/aromatic N) is 2. The van der Waals surface area contributed by atoms with Gasteiger partial charge in [0, 0.05) is 53.4 Å². The van der Waals surface area contributed by atoms with Crippen LogP contribution in [0.4, 0.5) is 4.79 Å². The molecule has 1 atom stereocenters. The van der Waals surface area contributed by atoms with E-state index in [-0.39, 0.29) is 17.1 Å². The summed E-state index contributed by atoms with van der Waals surface area (Å²) in [4.78, 5) is 18.9. The summed E-state index contributed by atoms with van der Waals surface area (Å²) in [5, 5.41) is 0. The Bertz CT molecular complexity index is 1110. The number of hydrogen-bond acceptors (Lipinski definition) is 5. The standard InChI is InChI=1S/C27H34N2O4S/c1-25(2,3)33-24(30)29-11-9-26(10-12-29)17-27(18-26)14-21-13-22(28-15-23(21)32-27)20-7-5-19(6-8-20)16-34(4)31/h5-8,13,15H,9-12,14,16-18H2,1-4H3. The predicted octanol–water partition coefficient (Wildman–Crippen LogP) is 5.11. The van der Waals surface area contributed by atoms with E-state index < -0.39 is 16.4 Å². The molecular weight excluding hydrogens is 448 g/mol. The second-order valence-corrected chi connectivity index (χ2v) is 12.8. The van der Waals surface area contributed by atoms with Crippen LogP contribution in [0.5, 0.6) is 5.75 Å². The van der Waals surface area contributed by atoms with E-state index in [4.69, 9.17) is 9.47 Å². The summed E-state index contributed by atoms with van der Waals surface area (Å²) in [7, 11) is -0.842. The number of aromatic nitrogens is 1. The highest BCUT2D eigenvalue weighted by Crippen LogP contribution is 2.60. The van der Waals surface area contributed by atoms with Gasteiger partial charge in [-0.25, -0.2) is 4.79 Å². The minimum atomic E-state index is -0.842. The molecule has 1 amide bonds. The summed E-state index contributed by atoms with van der Waals surface area (Å²) >= 11 is 0. The molecule has 0 N–H and O–H groups in total. The van der Waals surface area contributed by atoms with Crippen molar-refractivity contribution in [3.8, 4) is 17.0 Å². The van der Waals surface area contributed by atoms with E-state index in [1.807, 2.05) is 44.0 Å². The number of ether oxygens (including phenoxy) is 2. The zero-order valence-corrected chi connectivity index (χ0v) is 21.4. The topological polar surface area (TPSA) is 68.7 Å². The van der Waals surface area contributed by atoms with Crippen molar-refractivity contribution in [3.63, 3.8) is 0 Å². The van der Waals surface area contributed by atoms with Crippen LogP contribution in [0.15, 0.2) is 36.5 Å². The van der Waals surface area contributed by atoms with E-state index in [9.17, 15) is 9.00 Å². The first-order valence-corrected chi connectivity index (χ1v) is 13.8. The Morgan fingerprint density at radius 3 is 2.47 bits per heavy atom. The molecule has 1 aliphatic carbocycles.